The second kappa shape index (κ2) is 5.65. The van der Waals surface area contributed by atoms with Crippen molar-refractivity contribution in [2.24, 2.45) is 0 Å². The molecule has 3 aromatic rings. The molecular weight excluding hydrogens is 284 g/mol. The van der Waals surface area contributed by atoms with E-state index in [0.29, 0.717) is 6.04 Å². The quantitative estimate of drug-likeness (QED) is 0.624. The maximum absolute atomic E-state index is 13.2. The number of aromatic nitrogens is 1. The van der Waals surface area contributed by atoms with Crippen LogP contribution in [0.15, 0.2) is 48.7 Å². The van der Waals surface area contributed by atoms with E-state index >= 15 is 0 Å². The molecule has 4 rings (SSSR count). The zero-order valence-corrected chi connectivity index (χ0v) is 13.3. The zero-order valence-electron chi connectivity index (χ0n) is 13.3. The molecule has 0 aliphatic carbocycles. The van der Waals surface area contributed by atoms with Crippen LogP contribution in [-0.2, 0) is 0 Å². The van der Waals surface area contributed by atoms with E-state index in [4.69, 9.17) is 0 Å². The fourth-order valence-electron chi connectivity index (χ4n) is 3.65. The van der Waals surface area contributed by atoms with Crippen molar-refractivity contribution in [2.75, 3.05) is 6.54 Å². The van der Waals surface area contributed by atoms with Gasteiger partial charge in [0.15, 0.2) is 0 Å². The highest BCUT2D eigenvalue weighted by molar-refractivity contribution is 6.15. The van der Waals surface area contributed by atoms with Gasteiger partial charge in [-0.05, 0) is 49.1 Å². The Hall–Kier alpha value is -2.42. The SMILES string of the molecule is C[C@H]1CCCCN1C(=O)c1cc2ccccc2c2cccnc12. The van der Waals surface area contributed by atoms with Crippen molar-refractivity contribution in [3.8, 4) is 0 Å². The van der Waals surface area contributed by atoms with Gasteiger partial charge in [-0.25, -0.2) is 0 Å². The smallest absolute Gasteiger partial charge is 0.256 e. The van der Waals surface area contributed by atoms with Crippen molar-refractivity contribution in [1.29, 1.82) is 0 Å². The van der Waals surface area contributed by atoms with Crippen LogP contribution in [0.2, 0.25) is 0 Å². The summed E-state index contributed by atoms with van der Waals surface area (Å²) in [6.45, 7) is 2.99. The van der Waals surface area contributed by atoms with Gasteiger partial charge in [0.25, 0.3) is 5.91 Å². The van der Waals surface area contributed by atoms with Gasteiger partial charge < -0.3 is 4.90 Å². The summed E-state index contributed by atoms with van der Waals surface area (Å²) in [4.78, 5) is 19.7. The fourth-order valence-corrected chi connectivity index (χ4v) is 3.65. The molecule has 1 fully saturated rings. The third-order valence-corrected chi connectivity index (χ3v) is 4.91. The van der Waals surface area contributed by atoms with Crippen LogP contribution in [0.5, 0.6) is 0 Å². The van der Waals surface area contributed by atoms with Crippen LogP contribution in [-0.4, -0.2) is 28.4 Å². The van der Waals surface area contributed by atoms with Crippen molar-refractivity contribution in [2.45, 2.75) is 32.2 Å². The van der Waals surface area contributed by atoms with Crippen LogP contribution in [0.25, 0.3) is 21.7 Å². The van der Waals surface area contributed by atoms with E-state index in [1.54, 1.807) is 6.20 Å². The first-order valence-electron chi connectivity index (χ1n) is 8.33. The molecule has 1 atom stereocenters. The molecular formula is C20H20N2O. The Balaban J connectivity index is 1.92. The first-order valence-corrected chi connectivity index (χ1v) is 8.33. The Bertz CT molecular complexity index is 887. The number of hydrogen-bond donors (Lipinski definition) is 0. The number of carbonyl (C=O) groups is 1. The summed E-state index contributed by atoms with van der Waals surface area (Å²) in [7, 11) is 0. The summed E-state index contributed by atoms with van der Waals surface area (Å²) in [5.41, 5.74) is 1.54. The van der Waals surface area contributed by atoms with Crippen molar-refractivity contribution in [1.82, 2.24) is 9.88 Å². The van der Waals surface area contributed by atoms with Gasteiger partial charge >= 0.3 is 0 Å². The van der Waals surface area contributed by atoms with Crippen LogP contribution in [0.3, 0.4) is 0 Å². The number of hydrogen-bond acceptors (Lipinski definition) is 2. The van der Waals surface area contributed by atoms with E-state index in [-0.39, 0.29) is 5.91 Å². The normalized spacial score (nSPS) is 18.5. The lowest BCUT2D eigenvalue weighted by Gasteiger charge is -2.33. The average Bonchev–Trinajstić information content (AvgIpc) is 2.61. The summed E-state index contributed by atoms with van der Waals surface area (Å²) in [6, 6.07) is 14.5. The highest BCUT2D eigenvalue weighted by Gasteiger charge is 2.26. The minimum Gasteiger partial charge on any atom is -0.336 e. The standard InChI is InChI=1S/C20H20N2O/c1-14-7-4-5-12-22(14)20(23)18-13-15-8-2-3-9-16(15)17-10-6-11-21-19(17)18/h2-3,6,8-11,13-14H,4-5,7,12H2,1H3/t14-/m0/s1. The Kier molecular flexibility index (Phi) is 3.49. The lowest BCUT2D eigenvalue weighted by Crippen LogP contribution is -2.42. The predicted octanol–water partition coefficient (Wildman–Crippen LogP) is 4.40. The largest absolute Gasteiger partial charge is 0.336 e. The number of amides is 1. The second-order valence-electron chi connectivity index (χ2n) is 6.39. The molecule has 3 heteroatoms. The molecule has 0 bridgehead atoms. The predicted molar refractivity (Wildman–Crippen MR) is 93.6 cm³/mol. The maximum Gasteiger partial charge on any atom is 0.256 e. The van der Waals surface area contributed by atoms with Crippen LogP contribution in [0.4, 0.5) is 0 Å². The van der Waals surface area contributed by atoms with E-state index < -0.39 is 0 Å². The molecule has 116 valence electrons. The summed E-state index contributed by atoms with van der Waals surface area (Å²) < 4.78 is 0. The second-order valence-corrected chi connectivity index (χ2v) is 6.39. The topological polar surface area (TPSA) is 33.2 Å². The average molecular weight is 304 g/mol. The number of fused-ring (bicyclic) bond motifs is 3. The Morgan fingerprint density at radius 3 is 2.83 bits per heavy atom. The van der Waals surface area contributed by atoms with E-state index in [9.17, 15) is 4.79 Å². The molecule has 1 saturated heterocycles. The number of pyridine rings is 1. The molecule has 2 heterocycles. The molecule has 0 saturated carbocycles. The third-order valence-electron chi connectivity index (χ3n) is 4.91. The highest BCUT2D eigenvalue weighted by atomic mass is 16.2. The molecule has 3 nitrogen and oxygen atoms in total. The molecule has 1 aromatic heterocycles. The number of benzene rings is 2. The fraction of sp³-hybridized carbons (Fsp3) is 0.300. The molecule has 1 amide bonds. The van der Waals surface area contributed by atoms with E-state index in [2.05, 4.69) is 30.1 Å². The molecule has 0 radical (unpaired) electrons. The highest BCUT2D eigenvalue weighted by Crippen LogP contribution is 2.29. The monoisotopic (exact) mass is 304 g/mol. The van der Waals surface area contributed by atoms with Gasteiger partial charge in [0.1, 0.15) is 0 Å². The number of rotatable bonds is 1. The number of carbonyl (C=O) groups excluding carboxylic acids is 1. The Morgan fingerprint density at radius 1 is 1.13 bits per heavy atom. The van der Waals surface area contributed by atoms with Crippen LogP contribution >= 0.6 is 0 Å². The maximum atomic E-state index is 13.2. The van der Waals surface area contributed by atoms with Gasteiger partial charge in [-0.15, -0.1) is 0 Å². The van der Waals surface area contributed by atoms with Crippen LogP contribution in [0.1, 0.15) is 36.5 Å². The van der Waals surface area contributed by atoms with Crippen molar-refractivity contribution in [3.63, 3.8) is 0 Å². The molecule has 1 aliphatic heterocycles. The van der Waals surface area contributed by atoms with E-state index in [1.807, 2.05) is 29.2 Å². The van der Waals surface area contributed by atoms with Crippen LogP contribution in [0, 0.1) is 0 Å². The van der Waals surface area contributed by atoms with Crippen molar-refractivity contribution >= 4 is 27.6 Å². The number of nitrogens with zero attached hydrogens (tertiary/aromatic N) is 2. The summed E-state index contributed by atoms with van der Waals surface area (Å²) in [5, 5.41) is 3.30. The van der Waals surface area contributed by atoms with Gasteiger partial charge in [0.05, 0.1) is 11.1 Å². The molecule has 0 N–H and O–H groups in total. The lowest BCUT2D eigenvalue weighted by atomic mass is 9.98. The Labute approximate surface area is 135 Å². The molecule has 0 unspecified atom stereocenters. The Morgan fingerprint density at radius 2 is 1.96 bits per heavy atom. The summed E-state index contributed by atoms with van der Waals surface area (Å²) >= 11 is 0. The van der Waals surface area contributed by atoms with Crippen LogP contribution < -0.4 is 0 Å². The van der Waals surface area contributed by atoms with Gasteiger partial charge in [-0.1, -0.05) is 30.3 Å². The summed E-state index contributed by atoms with van der Waals surface area (Å²) in [6.07, 6.45) is 5.16. The molecule has 2 aromatic carbocycles. The lowest BCUT2D eigenvalue weighted by molar-refractivity contribution is 0.0637. The minimum atomic E-state index is 0.117. The first kappa shape index (κ1) is 14.2. The molecule has 0 spiro atoms. The van der Waals surface area contributed by atoms with Crippen molar-refractivity contribution in [3.05, 3.63) is 54.2 Å². The molecule has 23 heavy (non-hydrogen) atoms. The van der Waals surface area contributed by atoms with Gasteiger partial charge in [0.2, 0.25) is 0 Å². The first-order chi connectivity index (χ1) is 11.3. The minimum absolute atomic E-state index is 0.117. The number of likely N-dealkylation sites (tertiary alicyclic amines) is 1. The van der Waals surface area contributed by atoms with Crippen molar-refractivity contribution < 1.29 is 4.79 Å². The number of piperidine rings is 1. The zero-order chi connectivity index (χ0) is 15.8. The van der Waals surface area contributed by atoms with Gasteiger partial charge in [0, 0.05) is 24.2 Å². The van der Waals surface area contributed by atoms with E-state index in [0.717, 1.165) is 46.6 Å². The van der Waals surface area contributed by atoms with Gasteiger partial charge in [-0.3, -0.25) is 9.78 Å². The summed E-state index contributed by atoms with van der Waals surface area (Å²) in [5.74, 6) is 0.117. The van der Waals surface area contributed by atoms with Gasteiger partial charge in [-0.2, -0.15) is 0 Å². The third kappa shape index (κ3) is 2.37. The van der Waals surface area contributed by atoms with E-state index in [1.165, 1.54) is 6.42 Å². The molecule has 1 aliphatic rings.